The number of carbonyl (C=O) groups is 1. The first-order chi connectivity index (χ1) is 8.02. The molecule has 1 aromatic heterocycles. The van der Waals surface area contributed by atoms with Gasteiger partial charge in [-0.05, 0) is 12.5 Å². The third-order valence-electron chi connectivity index (χ3n) is 3.06. The topological polar surface area (TPSA) is 78.6 Å². The zero-order valence-electron chi connectivity index (χ0n) is 10.00. The average molecular weight is 239 g/mol. The van der Waals surface area contributed by atoms with Gasteiger partial charge in [-0.2, -0.15) is 5.10 Å². The Kier molecular flexibility index (Phi) is 3.17. The molecule has 6 heteroatoms. The van der Waals surface area contributed by atoms with E-state index < -0.39 is 12.2 Å². The fraction of sp³-hybridized carbons (Fsp3) is 0.636. The molecular weight excluding hydrogens is 222 g/mol. The smallest absolute Gasteiger partial charge is 0.272 e. The Morgan fingerprint density at radius 1 is 1.47 bits per heavy atom. The van der Waals surface area contributed by atoms with E-state index in [0.29, 0.717) is 5.69 Å². The van der Waals surface area contributed by atoms with Crippen molar-refractivity contribution in [2.45, 2.75) is 25.6 Å². The van der Waals surface area contributed by atoms with Crippen LogP contribution in [0.2, 0.25) is 0 Å². The van der Waals surface area contributed by atoms with Crippen LogP contribution < -0.4 is 0 Å². The van der Waals surface area contributed by atoms with E-state index in [1.807, 2.05) is 6.92 Å². The number of aryl methyl sites for hydroxylation is 2. The number of β-amino-alcohol motifs (C(OH)–C–C–N with tert-alkyl or cyclic N) is 2. The van der Waals surface area contributed by atoms with Crippen LogP contribution in [0.5, 0.6) is 0 Å². The molecule has 2 rings (SSSR count). The van der Waals surface area contributed by atoms with Gasteiger partial charge in [0, 0.05) is 20.1 Å². The molecule has 2 heterocycles. The molecule has 2 atom stereocenters. The van der Waals surface area contributed by atoms with E-state index >= 15 is 0 Å². The molecule has 0 spiro atoms. The monoisotopic (exact) mass is 239 g/mol. The Morgan fingerprint density at radius 3 is 2.53 bits per heavy atom. The van der Waals surface area contributed by atoms with Gasteiger partial charge >= 0.3 is 0 Å². The molecule has 2 N–H and O–H groups in total. The summed E-state index contributed by atoms with van der Waals surface area (Å²) in [4.78, 5) is 13.6. The lowest BCUT2D eigenvalue weighted by Gasteiger charge is -2.14. The Labute approximate surface area is 99.5 Å². The lowest BCUT2D eigenvalue weighted by molar-refractivity contribution is 0.0572. The highest BCUT2D eigenvalue weighted by Gasteiger charge is 2.33. The first-order valence-corrected chi connectivity index (χ1v) is 5.71. The largest absolute Gasteiger partial charge is 0.388 e. The maximum absolute atomic E-state index is 12.1. The Bertz CT molecular complexity index is 420. The predicted octanol–water partition coefficient (Wildman–Crippen LogP) is -0.840. The second-order valence-electron chi connectivity index (χ2n) is 4.34. The average Bonchev–Trinajstić information content (AvgIpc) is 2.82. The van der Waals surface area contributed by atoms with Gasteiger partial charge in [-0.3, -0.25) is 9.48 Å². The zero-order chi connectivity index (χ0) is 12.6. The third-order valence-corrected chi connectivity index (χ3v) is 3.06. The van der Waals surface area contributed by atoms with Crippen molar-refractivity contribution in [3.05, 3.63) is 17.5 Å². The molecule has 0 aromatic carbocycles. The van der Waals surface area contributed by atoms with Gasteiger partial charge in [0.25, 0.3) is 5.91 Å². The van der Waals surface area contributed by atoms with E-state index in [1.165, 1.54) is 9.58 Å². The highest BCUT2D eigenvalue weighted by atomic mass is 16.3. The van der Waals surface area contributed by atoms with Crippen LogP contribution in [0.4, 0.5) is 0 Å². The fourth-order valence-corrected chi connectivity index (χ4v) is 2.00. The Morgan fingerprint density at radius 2 is 2.06 bits per heavy atom. The van der Waals surface area contributed by atoms with Crippen LogP contribution in [-0.2, 0) is 13.5 Å². The van der Waals surface area contributed by atoms with Gasteiger partial charge in [0.05, 0.1) is 17.9 Å². The van der Waals surface area contributed by atoms with E-state index in [2.05, 4.69) is 5.10 Å². The maximum Gasteiger partial charge on any atom is 0.272 e. The minimum Gasteiger partial charge on any atom is -0.388 e. The SMILES string of the molecule is CCc1cc(C(=O)N2CC(O)C(O)C2)n(C)n1. The summed E-state index contributed by atoms with van der Waals surface area (Å²) in [6, 6.07) is 1.75. The van der Waals surface area contributed by atoms with Crippen LogP contribution in [0.1, 0.15) is 23.1 Å². The van der Waals surface area contributed by atoms with Crippen LogP contribution in [0.25, 0.3) is 0 Å². The third kappa shape index (κ3) is 2.18. The molecule has 1 aromatic rings. The van der Waals surface area contributed by atoms with E-state index in [1.54, 1.807) is 13.1 Å². The number of nitrogens with zero attached hydrogens (tertiary/aromatic N) is 3. The normalized spacial score (nSPS) is 24.4. The van der Waals surface area contributed by atoms with Crippen molar-refractivity contribution < 1.29 is 15.0 Å². The zero-order valence-corrected chi connectivity index (χ0v) is 10.00. The molecule has 0 bridgehead atoms. The summed E-state index contributed by atoms with van der Waals surface area (Å²) in [7, 11) is 1.72. The molecular formula is C11H17N3O3. The summed E-state index contributed by atoms with van der Waals surface area (Å²) in [5, 5.41) is 23.0. The molecule has 0 radical (unpaired) electrons. The van der Waals surface area contributed by atoms with Gasteiger partial charge < -0.3 is 15.1 Å². The number of carbonyl (C=O) groups excluding carboxylic acids is 1. The summed E-state index contributed by atoms with van der Waals surface area (Å²) in [5.74, 6) is -0.199. The van der Waals surface area contributed by atoms with Gasteiger partial charge in [-0.25, -0.2) is 0 Å². The number of aliphatic hydroxyl groups is 2. The molecule has 0 aliphatic carbocycles. The lowest BCUT2D eigenvalue weighted by Crippen LogP contribution is -2.31. The van der Waals surface area contributed by atoms with Crippen LogP contribution in [0.3, 0.4) is 0 Å². The van der Waals surface area contributed by atoms with Crippen LogP contribution in [0, 0.1) is 0 Å². The second-order valence-corrected chi connectivity index (χ2v) is 4.34. The molecule has 94 valence electrons. The minimum absolute atomic E-state index is 0.173. The molecule has 1 saturated heterocycles. The molecule has 1 amide bonds. The number of aromatic nitrogens is 2. The van der Waals surface area contributed by atoms with Gasteiger partial charge in [-0.15, -0.1) is 0 Å². The molecule has 1 fully saturated rings. The maximum atomic E-state index is 12.1. The van der Waals surface area contributed by atoms with Gasteiger partial charge in [-0.1, -0.05) is 6.92 Å². The molecule has 17 heavy (non-hydrogen) atoms. The van der Waals surface area contributed by atoms with Gasteiger partial charge in [0.2, 0.25) is 0 Å². The quantitative estimate of drug-likeness (QED) is 0.705. The van der Waals surface area contributed by atoms with Crippen molar-refractivity contribution >= 4 is 5.91 Å². The first kappa shape index (κ1) is 12.1. The van der Waals surface area contributed by atoms with Crippen LogP contribution >= 0.6 is 0 Å². The van der Waals surface area contributed by atoms with Gasteiger partial charge in [0.15, 0.2) is 0 Å². The number of likely N-dealkylation sites (tertiary alicyclic amines) is 1. The number of hydrogen-bond acceptors (Lipinski definition) is 4. The van der Waals surface area contributed by atoms with E-state index in [4.69, 9.17) is 0 Å². The summed E-state index contributed by atoms with van der Waals surface area (Å²) >= 11 is 0. The number of rotatable bonds is 2. The summed E-state index contributed by atoms with van der Waals surface area (Å²) < 4.78 is 1.54. The van der Waals surface area contributed by atoms with Crippen molar-refractivity contribution in [3.63, 3.8) is 0 Å². The second kappa shape index (κ2) is 4.46. The van der Waals surface area contributed by atoms with Crippen molar-refractivity contribution in [2.75, 3.05) is 13.1 Å². The number of hydrogen-bond donors (Lipinski definition) is 2. The summed E-state index contributed by atoms with van der Waals surface area (Å²) in [6.07, 6.45) is -0.928. The van der Waals surface area contributed by atoms with Crippen molar-refractivity contribution in [1.29, 1.82) is 0 Å². The van der Waals surface area contributed by atoms with E-state index in [0.717, 1.165) is 12.1 Å². The minimum atomic E-state index is -0.849. The molecule has 1 aliphatic heterocycles. The Balaban J connectivity index is 2.17. The molecule has 1 aliphatic rings. The standard InChI is InChI=1S/C11H17N3O3/c1-3-7-4-8(13(2)12-7)11(17)14-5-9(15)10(16)6-14/h4,9-10,15-16H,3,5-6H2,1-2H3. The van der Waals surface area contributed by atoms with Crippen LogP contribution in [0.15, 0.2) is 6.07 Å². The van der Waals surface area contributed by atoms with Crippen molar-refractivity contribution in [2.24, 2.45) is 7.05 Å². The molecule has 0 saturated carbocycles. The summed E-state index contributed by atoms with van der Waals surface area (Å²) in [5.41, 5.74) is 1.35. The van der Waals surface area contributed by atoms with Gasteiger partial charge in [0.1, 0.15) is 5.69 Å². The highest BCUT2D eigenvalue weighted by molar-refractivity contribution is 5.93. The first-order valence-electron chi connectivity index (χ1n) is 5.71. The predicted molar refractivity (Wildman–Crippen MR) is 60.5 cm³/mol. The summed E-state index contributed by atoms with van der Waals surface area (Å²) in [6.45, 7) is 2.32. The van der Waals surface area contributed by atoms with E-state index in [9.17, 15) is 15.0 Å². The molecule has 2 unspecified atom stereocenters. The highest BCUT2D eigenvalue weighted by Crippen LogP contribution is 2.14. The molecule has 6 nitrogen and oxygen atoms in total. The Hall–Kier alpha value is -1.40. The van der Waals surface area contributed by atoms with Crippen molar-refractivity contribution in [3.8, 4) is 0 Å². The van der Waals surface area contributed by atoms with Crippen molar-refractivity contribution in [1.82, 2.24) is 14.7 Å². The number of amides is 1. The number of aliphatic hydroxyl groups excluding tert-OH is 2. The fourth-order valence-electron chi connectivity index (χ4n) is 2.00. The lowest BCUT2D eigenvalue weighted by atomic mass is 10.3. The van der Waals surface area contributed by atoms with Crippen LogP contribution in [-0.4, -0.2) is 56.1 Å². The van der Waals surface area contributed by atoms with E-state index in [-0.39, 0.29) is 19.0 Å².